The van der Waals surface area contributed by atoms with Gasteiger partial charge < -0.3 is 5.11 Å². The van der Waals surface area contributed by atoms with Gasteiger partial charge in [-0.25, -0.2) is 4.57 Å². The van der Waals surface area contributed by atoms with Crippen molar-refractivity contribution in [3.05, 3.63) is 30.6 Å². The molecule has 28 heavy (non-hydrogen) atoms. The van der Waals surface area contributed by atoms with Crippen LogP contribution < -0.4 is 4.57 Å². The highest BCUT2D eigenvalue weighted by molar-refractivity contribution is 5.66. The van der Waals surface area contributed by atoms with E-state index in [0.29, 0.717) is 6.42 Å². The Morgan fingerprint density at radius 3 is 1.29 bits per heavy atom. The van der Waals surface area contributed by atoms with Gasteiger partial charge in [0.25, 0.3) is 0 Å². The number of aliphatic carboxylic acids is 1. The van der Waals surface area contributed by atoms with Crippen LogP contribution in [0.25, 0.3) is 0 Å². The van der Waals surface area contributed by atoms with Crippen LogP contribution >= 0.6 is 0 Å². The van der Waals surface area contributed by atoms with Gasteiger partial charge in [-0.1, -0.05) is 96.0 Å². The molecule has 0 amide bonds. The average molecular weight is 391 g/mol. The zero-order valence-electron chi connectivity index (χ0n) is 18.1. The highest BCUT2D eigenvalue weighted by atomic mass is 16.4. The van der Waals surface area contributed by atoms with Gasteiger partial charge in [-0.05, 0) is 12.8 Å². The van der Waals surface area contributed by atoms with Crippen LogP contribution in [-0.4, -0.2) is 11.1 Å². The van der Waals surface area contributed by atoms with Gasteiger partial charge in [0.1, 0.15) is 6.54 Å². The van der Waals surface area contributed by atoms with Crippen LogP contribution in [0.15, 0.2) is 30.6 Å². The third-order valence-electron chi connectivity index (χ3n) is 5.58. The maximum atomic E-state index is 10.4. The van der Waals surface area contributed by atoms with Crippen LogP contribution in [0, 0.1) is 0 Å². The lowest BCUT2D eigenvalue weighted by molar-refractivity contribution is -0.697. The summed E-state index contributed by atoms with van der Waals surface area (Å²) in [5, 5.41) is 8.58. The van der Waals surface area contributed by atoms with Crippen LogP contribution in [0.3, 0.4) is 0 Å². The van der Waals surface area contributed by atoms with Gasteiger partial charge in [0.15, 0.2) is 12.4 Å². The zero-order valence-corrected chi connectivity index (χ0v) is 18.1. The van der Waals surface area contributed by atoms with Crippen LogP contribution in [0.5, 0.6) is 0 Å². The molecule has 0 saturated carbocycles. The second kappa shape index (κ2) is 19.0. The number of carboxylic acids is 1. The third-order valence-corrected chi connectivity index (χ3v) is 5.58. The first-order chi connectivity index (χ1) is 13.8. The lowest BCUT2D eigenvalue weighted by atomic mass is 10.0. The summed E-state index contributed by atoms with van der Waals surface area (Å²) in [4.78, 5) is 10.4. The summed E-state index contributed by atoms with van der Waals surface area (Å²) in [6, 6.07) is 6.28. The SMILES string of the molecule is O=C(O)CCCCCCCCCCCCCCCCCCC[n+]1ccccc1. The van der Waals surface area contributed by atoms with Crippen molar-refractivity contribution in [2.24, 2.45) is 0 Å². The number of unbranched alkanes of at least 4 members (excludes halogenated alkanes) is 16. The van der Waals surface area contributed by atoms with Crippen molar-refractivity contribution in [3.8, 4) is 0 Å². The number of carboxylic acid groups (broad SMARTS) is 1. The summed E-state index contributed by atoms with van der Waals surface area (Å²) in [5.41, 5.74) is 0. The predicted octanol–water partition coefficient (Wildman–Crippen LogP) is 7.08. The zero-order chi connectivity index (χ0) is 20.1. The van der Waals surface area contributed by atoms with E-state index >= 15 is 0 Å². The first kappa shape index (κ1) is 24.7. The fraction of sp³-hybridized carbons (Fsp3) is 0.760. The molecule has 0 unspecified atom stereocenters. The number of hydrogen-bond acceptors (Lipinski definition) is 1. The molecule has 0 atom stereocenters. The van der Waals surface area contributed by atoms with Crippen molar-refractivity contribution >= 4 is 5.97 Å². The van der Waals surface area contributed by atoms with Gasteiger partial charge >= 0.3 is 5.97 Å². The maximum absolute atomic E-state index is 10.4. The van der Waals surface area contributed by atoms with Crippen molar-refractivity contribution in [3.63, 3.8) is 0 Å². The molecular weight excluding hydrogens is 346 g/mol. The number of hydrogen-bond donors (Lipinski definition) is 1. The Bertz CT molecular complexity index is 461. The molecule has 0 aliphatic carbocycles. The van der Waals surface area contributed by atoms with E-state index in [1.54, 1.807) is 0 Å². The standard InChI is InChI=1S/C25H43NO2/c27-25(28)21-17-14-12-10-8-6-4-2-1-3-5-7-9-11-13-15-18-22-26-23-19-16-20-24-26/h16,19-20,23-24H,1-15,17-18,21-22H2/p+1. The first-order valence-corrected chi connectivity index (χ1v) is 11.9. The topological polar surface area (TPSA) is 41.2 Å². The van der Waals surface area contributed by atoms with E-state index in [4.69, 9.17) is 5.11 Å². The summed E-state index contributed by atoms with van der Waals surface area (Å²) < 4.78 is 2.28. The minimum absolute atomic E-state index is 0.341. The number of rotatable bonds is 20. The molecule has 3 heteroatoms. The van der Waals surface area contributed by atoms with Gasteiger partial charge in [-0.15, -0.1) is 0 Å². The van der Waals surface area contributed by atoms with Crippen molar-refractivity contribution in [1.29, 1.82) is 0 Å². The molecule has 0 aliphatic rings. The predicted molar refractivity (Wildman–Crippen MR) is 117 cm³/mol. The van der Waals surface area contributed by atoms with Crippen molar-refractivity contribution in [1.82, 2.24) is 0 Å². The summed E-state index contributed by atoms with van der Waals surface area (Å²) in [6.45, 7) is 1.16. The van der Waals surface area contributed by atoms with Gasteiger partial charge in [0, 0.05) is 25.0 Å². The minimum atomic E-state index is -0.655. The third kappa shape index (κ3) is 16.8. The monoisotopic (exact) mass is 390 g/mol. The molecule has 1 N–H and O–H groups in total. The van der Waals surface area contributed by atoms with Gasteiger partial charge in [0.05, 0.1) is 0 Å². The normalized spacial score (nSPS) is 11.0. The first-order valence-electron chi connectivity index (χ1n) is 11.9. The van der Waals surface area contributed by atoms with Gasteiger partial charge in [-0.3, -0.25) is 4.79 Å². The Labute approximate surface area is 173 Å². The second-order valence-corrected chi connectivity index (χ2v) is 8.27. The van der Waals surface area contributed by atoms with Gasteiger partial charge in [0.2, 0.25) is 0 Å². The number of aromatic nitrogens is 1. The summed E-state index contributed by atoms with van der Waals surface area (Å²) in [5.74, 6) is -0.655. The molecule has 160 valence electrons. The Hall–Kier alpha value is -1.38. The Morgan fingerprint density at radius 1 is 0.536 bits per heavy atom. The Balaban J connectivity index is 1.68. The maximum Gasteiger partial charge on any atom is 0.303 e. The van der Waals surface area contributed by atoms with Crippen molar-refractivity contribution < 1.29 is 14.5 Å². The molecule has 3 nitrogen and oxygen atoms in total. The minimum Gasteiger partial charge on any atom is -0.481 e. The summed E-state index contributed by atoms with van der Waals surface area (Å²) in [7, 11) is 0. The van der Waals surface area contributed by atoms with Crippen LogP contribution in [0.1, 0.15) is 116 Å². The molecule has 0 fully saturated rings. The second-order valence-electron chi connectivity index (χ2n) is 8.27. The van der Waals surface area contributed by atoms with E-state index in [2.05, 4.69) is 35.2 Å². The summed E-state index contributed by atoms with van der Waals surface area (Å²) in [6.07, 6.45) is 27.1. The van der Waals surface area contributed by atoms with Crippen LogP contribution in [0.4, 0.5) is 0 Å². The smallest absolute Gasteiger partial charge is 0.303 e. The fourth-order valence-electron chi connectivity index (χ4n) is 3.81. The van der Waals surface area contributed by atoms with E-state index in [1.807, 2.05) is 0 Å². The molecular formula is C25H44NO2+. The molecule has 0 bridgehead atoms. The van der Waals surface area contributed by atoms with E-state index in [-0.39, 0.29) is 0 Å². The van der Waals surface area contributed by atoms with Crippen molar-refractivity contribution in [2.75, 3.05) is 0 Å². The van der Waals surface area contributed by atoms with E-state index in [0.717, 1.165) is 19.4 Å². The Morgan fingerprint density at radius 2 is 0.893 bits per heavy atom. The number of aryl methyl sites for hydroxylation is 1. The van der Waals surface area contributed by atoms with E-state index < -0.39 is 5.97 Å². The lowest BCUT2D eigenvalue weighted by Gasteiger charge is -2.03. The Kier molecular flexibility index (Phi) is 16.7. The van der Waals surface area contributed by atoms with E-state index in [1.165, 1.54) is 96.3 Å². The van der Waals surface area contributed by atoms with Crippen LogP contribution in [-0.2, 0) is 11.3 Å². The molecule has 0 saturated heterocycles. The summed E-state index contributed by atoms with van der Waals surface area (Å²) >= 11 is 0. The lowest BCUT2D eigenvalue weighted by Crippen LogP contribution is -2.32. The average Bonchev–Trinajstić information content (AvgIpc) is 2.70. The molecule has 0 aromatic carbocycles. The number of pyridine rings is 1. The quantitative estimate of drug-likeness (QED) is 0.191. The van der Waals surface area contributed by atoms with Crippen LogP contribution in [0.2, 0.25) is 0 Å². The molecule has 1 aromatic heterocycles. The molecule has 0 spiro atoms. The highest BCUT2D eigenvalue weighted by Gasteiger charge is 1.99. The molecule has 1 heterocycles. The molecule has 1 aromatic rings. The van der Waals surface area contributed by atoms with Crippen molar-refractivity contribution in [2.45, 2.75) is 122 Å². The molecule has 1 rings (SSSR count). The highest BCUT2D eigenvalue weighted by Crippen LogP contribution is 2.14. The van der Waals surface area contributed by atoms with E-state index in [9.17, 15) is 4.79 Å². The number of carbonyl (C=O) groups is 1. The molecule has 0 radical (unpaired) electrons. The number of nitrogens with zero attached hydrogens (tertiary/aromatic N) is 1. The van der Waals surface area contributed by atoms with Gasteiger partial charge in [-0.2, -0.15) is 0 Å². The largest absolute Gasteiger partial charge is 0.481 e. The molecule has 0 aliphatic heterocycles. The fourth-order valence-corrected chi connectivity index (χ4v) is 3.81.